The first-order valence-electron chi connectivity index (χ1n) is 7.98. The average molecular weight is 290 g/mol. The minimum absolute atomic E-state index is 0.191. The van der Waals surface area contributed by atoms with Crippen LogP contribution in [0.3, 0.4) is 0 Å². The molecule has 1 aliphatic rings. The van der Waals surface area contributed by atoms with Gasteiger partial charge in [0.25, 0.3) is 0 Å². The molecule has 21 heavy (non-hydrogen) atoms. The monoisotopic (exact) mass is 290 g/mol. The summed E-state index contributed by atoms with van der Waals surface area (Å²) < 4.78 is 5.70. The second-order valence-electron chi connectivity index (χ2n) is 7.22. The molecule has 0 radical (unpaired) electrons. The van der Waals surface area contributed by atoms with Gasteiger partial charge in [-0.05, 0) is 36.9 Å². The molecule has 2 N–H and O–H groups in total. The number of rotatable bonds is 4. The number of ether oxygens (including phenoxy) is 1. The van der Waals surface area contributed by atoms with Crippen LogP contribution in [-0.2, 0) is 10.2 Å². The Morgan fingerprint density at radius 2 is 1.90 bits per heavy atom. The van der Waals surface area contributed by atoms with Gasteiger partial charge in [0.2, 0.25) is 0 Å². The summed E-state index contributed by atoms with van der Waals surface area (Å²) in [5.41, 5.74) is 8.91. The third kappa shape index (κ3) is 3.65. The maximum Gasteiger partial charge on any atom is 0.0703 e. The van der Waals surface area contributed by atoms with Crippen LogP contribution in [0.2, 0.25) is 0 Å². The van der Waals surface area contributed by atoms with Crippen molar-refractivity contribution in [3.05, 3.63) is 35.4 Å². The van der Waals surface area contributed by atoms with E-state index in [0.717, 1.165) is 13.0 Å². The number of likely N-dealkylation sites (N-methyl/N-ethyl adjacent to an activating group) is 1. The molecule has 0 saturated carbocycles. The Morgan fingerprint density at radius 1 is 1.29 bits per heavy atom. The number of nitrogens with two attached hydrogens (primary N) is 1. The smallest absolute Gasteiger partial charge is 0.0703 e. The van der Waals surface area contributed by atoms with Crippen molar-refractivity contribution in [3.8, 4) is 0 Å². The van der Waals surface area contributed by atoms with Crippen LogP contribution in [0.1, 0.15) is 51.3 Å². The standard InChI is InChI=1S/C18H30N2O/c1-13-16(10-11-21-13)20(5)17(12-19)14-6-8-15(9-7-14)18(2,3)4/h6-9,13,16-17H,10-12,19H2,1-5H3. The van der Waals surface area contributed by atoms with Crippen LogP contribution in [0.15, 0.2) is 24.3 Å². The Morgan fingerprint density at radius 3 is 2.33 bits per heavy atom. The Kier molecular flexibility index (Phi) is 5.07. The van der Waals surface area contributed by atoms with Gasteiger partial charge in [-0.1, -0.05) is 45.0 Å². The molecule has 2 rings (SSSR count). The van der Waals surface area contributed by atoms with E-state index in [1.165, 1.54) is 11.1 Å². The molecule has 1 aliphatic heterocycles. The zero-order chi connectivity index (χ0) is 15.6. The van der Waals surface area contributed by atoms with E-state index in [2.05, 4.69) is 63.9 Å². The third-order valence-corrected chi connectivity index (χ3v) is 4.74. The van der Waals surface area contributed by atoms with Crippen molar-refractivity contribution >= 4 is 0 Å². The summed E-state index contributed by atoms with van der Waals surface area (Å²) in [6, 6.07) is 9.65. The quantitative estimate of drug-likeness (QED) is 0.926. The SMILES string of the molecule is CC1OCCC1N(C)C(CN)c1ccc(C(C)(C)C)cc1. The van der Waals surface area contributed by atoms with Crippen molar-refractivity contribution < 1.29 is 4.74 Å². The molecule has 0 bridgehead atoms. The zero-order valence-electron chi connectivity index (χ0n) is 14.1. The van der Waals surface area contributed by atoms with Gasteiger partial charge in [0.15, 0.2) is 0 Å². The maximum absolute atomic E-state index is 6.06. The Labute approximate surface area is 129 Å². The minimum atomic E-state index is 0.191. The van der Waals surface area contributed by atoms with Gasteiger partial charge in [0.1, 0.15) is 0 Å². The minimum Gasteiger partial charge on any atom is -0.377 e. The largest absolute Gasteiger partial charge is 0.377 e. The zero-order valence-corrected chi connectivity index (χ0v) is 14.1. The van der Waals surface area contributed by atoms with Crippen molar-refractivity contribution in [1.29, 1.82) is 0 Å². The summed E-state index contributed by atoms with van der Waals surface area (Å²) in [5, 5.41) is 0. The molecule has 0 spiro atoms. The van der Waals surface area contributed by atoms with E-state index < -0.39 is 0 Å². The summed E-state index contributed by atoms with van der Waals surface area (Å²) in [4.78, 5) is 2.39. The fourth-order valence-corrected chi connectivity index (χ4v) is 3.23. The molecule has 0 aromatic heterocycles. The fourth-order valence-electron chi connectivity index (χ4n) is 3.23. The van der Waals surface area contributed by atoms with Crippen LogP contribution >= 0.6 is 0 Å². The third-order valence-electron chi connectivity index (χ3n) is 4.74. The lowest BCUT2D eigenvalue weighted by Gasteiger charge is -2.34. The molecule has 0 amide bonds. The summed E-state index contributed by atoms with van der Waals surface area (Å²) in [5.74, 6) is 0. The van der Waals surface area contributed by atoms with E-state index in [9.17, 15) is 0 Å². The van der Waals surface area contributed by atoms with E-state index in [1.807, 2.05) is 0 Å². The number of hydrogen-bond acceptors (Lipinski definition) is 3. The van der Waals surface area contributed by atoms with Crippen LogP contribution in [0.25, 0.3) is 0 Å². The first kappa shape index (κ1) is 16.5. The Hall–Kier alpha value is -0.900. The number of benzene rings is 1. The van der Waals surface area contributed by atoms with Gasteiger partial charge < -0.3 is 10.5 Å². The normalized spacial score (nSPS) is 24.5. The van der Waals surface area contributed by atoms with E-state index >= 15 is 0 Å². The first-order chi connectivity index (χ1) is 9.84. The van der Waals surface area contributed by atoms with Crippen molar-refractivity contribution in [1.82, 2.24) is 4.90 Å². The Balaban J connectivity index is 2.17. The predicted molar refractivity (Wildman–Crippen MR) is 88.5 cm³/mol. The molecule has 3 atom stereocenters. The molecule has 0 aliphatic carbocycles. The Bertz CT molecular complexity index is 449. The van der Waals surface area contributed by atoms with E-state index in [0.29, 0.717) is 12.6 Å². The topological polar surface area (TPSA) is 38.5 Å². The number of nitrogens with zero attached hydrogens (tertiary/aromatic N) is 1. The second kappa shape index (κ2) is 6.47. The lowest BCUT2D eigenvalue weighted by molar-refractivity contribution is 0.0686. The van der Waals surface area contributed by atoms with Crippen LogP contribution in [0.4, 0.5) is 0 Å². The average Bonchev–Trinajstić information content (AvgIpc) is 2.85. The van der Waals surface area contributed by atoms with Crippen molar-refractivity contribution in [2.24, 2.45) is 5.73 Å². The summed E-state index contributed by atoms with van der Waals surface area (Å²) in [7, 11) is 2.17. The molecule has 1 aromatic carbocycles. The van der Waals surface area contributed by atoms with Gasteiger partial charge in [-0.15, -0.1) is 0 Å². The van der Waals surface area contributed by atoms with Gasteiger partial charge in [-0.3, -0.25) is 4.90 Å². The molecule has 3 nitrogen and oxygen atoms in total. The van der Waals surface area contributed by atoms with Crippen LogP contribution in [0.5, 0.6) is 0 Å². The van der Waals surface area contributed by atoms with Gasteiger partial charge in [0.05, 0.1) is 6.10 Å². The molecular weight excluding hydrogens is 260 g/mol. The first-order valence-corrected chi connectivity index (χ1v) is 7.98. The van der Waals surface area contributed by atoms with E-state index in [1.54, 1.807) is 0 Å². The van der Waals surface area contributed by atoms with Crippen molar-refractivity contribution in [2.75, 3.05) is 20.2 Å². The molecule has 1 fully saturated rings. The molecule has 1 saturated heterocycles. The molecule has 118 valence electrons. The summed E-state index contributed by atoms with van der Waals surface area (Å²) in [6.45, 7) is 10.4. The van der Waals surface area contributed by atoms with Crippen molar-refractivity contribution in [2.45, 2.75) is 57.7 Å². The van der Waals surface area contributed by atoms with Crippen LogP contribution < -0.4 is 5.73 Å². The molecule has 3 heteroatoms. The number of hydrogen-bond donors (Lipinski definition) is 1. The van der Waals surface area contributed by atoms with Crippen molar-refractivity contribution in [3.63, 3.8) is 0 Å². The highest BCUT2D eigenvalue weighted by Gasteiger charge is 2.31. The summed E-state index contributed by atoms with van der Waals surface area (Å²) in [6.07, 6.45) is 1.38. The lowest BCUT2D eigenvalue weighted by Crippen LogP contribution is -2.42. The highest BCUT2D eigenvalue weighted by molar-refractivity contribution is 5.29. The van der Waals surface area contributed by atoms with Gasteiger partial charge in [0, 0.05) is 25.2 Å². The second-order valence-corrected chi connectivity index (χ2v) is 7.22. The highest BCUT2D eigenvalue weighted by atomic mass is 16.5. The van der Waals surface area contributed by atoms with Gasteiger partial charge in [-0.2, -0.15) is 0 Å². The van der Waals surface area contributed by atoms with Gasteiger partial charge >= 0.3 is 0 Å². The predicted octanol–water partition coefficient (Wildman–Crippen LogP) is 3.09. The molecular formula is C18H30N2O. The fraction of sp³-hybridized carbons (Fsp3) is 0.667. The molecule has 1 heterocycles. The lowest BCUT2D eigenvalue weighted by atomic mass is 9.86. The van der Waals surface area contributed by atoms with Crippen LogP contribution in [0, 0.1) is 0 Å². The van der Waals surface area contributed by atoms with E-state index in [-0.39, 0.29) is 17.6 Å². The van der Waals surface area contributed by atoms with Gasteiger partial charge in [-0.25, -0.2) is 0 Å². The molecule has 1 aromatic rings. The summed E-state index contributed by atoms with van der Waals surface area (Å²) >= 11 is 0. The molecule has 3 unspecified atom stereocenters. The maximum atomic E-state index is 6.06. The van der Waals surface area contributed by atoms with Crippen LogP contribution in [-0.4, -0.2) is 37.2 Å². The van der Waals surface area contributed by atoms with E-state index in [4.69, 9.17) is 10.5 Å². The highest BCUT2D eigenvalue weighted by Crippen LogP contribution is 2.29.